The van der Waals surface area contributed by atoms with Gasteiger partial charge in [0.05, 0.1) is 6.61 Å². The van der Waals surface area contributed by atoms with Gasteiger partial charge >= 0.3 is 12.1 Å². The Balaban J connectivity index is 1.57. The lowest BCUT2D eigenvalue weighted by atomic mass is 9.97. The van der Waals surface area contributed by atoms with Crippen molar-refractivity contribution >= 4 is 29.8 Å². The lowest BCUT2D eigenvalue weighted by molar-refractivity contribution is -0.163. The third kappa shape index (κ3) is 11.1. The van der Waals surface area contributed by atoms with Crippen molar-refractivity contribution in [3.8, 4) is 5.75 Å². The first-order valence-corrected chi connectivity index (χ1v) is 17.2. The van der Waals surface area contributed by atoms with Crippen molar-refractivity contribution in [2.24, 2.45) is 0 Å². The number of phenolic OH excluding ortho intramolecular Hbond substituents is 1. The molecule has 12 nitrogen and oxygen atoms in total. The quantitative estimate of drug-likeness (QED) is 0.228. The molecule has 0 radical (unpaired) electrons. The second kappa shape index (κ2) is 17.5. The topological polar surface area (TPSA) is 155 Å². The summed E-state index contributed by atoms with van der Waals surface area (Å²) < 4.78 is 10.8. The van der Waals surface area contributed by atoms with E-state index in [-0.39, 0.29) is 44.7 Å². The summed E-state index contributed by atoms with van der Waals surface area (Å²) in [6, 6.07) is 20.8. The van der Waals surface area contributed by atoms with Gasteiger partial charge in [-0.05, 0) is 63.4 Å². The van der Waals surface area contributed by atoms with Crippen LogP contribution in [-0.2, 0) is 47.9 Å². The van der Waals surface area contributed by atoms with Crippen molar-refractivity contribution in [2.45, 2.75) is 83.6 Å². The number of nitrogens with zero attached hydrogens (tertiary/aromatic N) is 2. The minimum Gasteiger partial charge on any atom is -0.508 e. The molecule has 1 heterocycles. The summed E-state index contributed by atoms with van der Waals surface area (Å²) in [7, 11) is 0. The first-order chi connectivity index (χ1) is 24.3. The molecule has 4 atom stereocenters. The Hall–Kier alpha value is -5.39. The number of aromatic hydroxyl groups is 1. The van der Waals surface area contributed by atoms with Gasteiger partial charge in [-0.2, -0.15) is 0 Å². The Morgan fingerprint density at radius 3 is 2.02 bits per heavy atom. The molecule has 3 aromatic rings. The number of amides is 4. The number of rotatable bonds is 13. The van der Waals surface area contributed by atoms with Crippen LogP contribution in [0.5, 0.6) is 5.75 Å². The standard InChI is InChI=1S/C39H48N4O8/c1-6-50-37(48)33(25-28-15-11-8-12-16-28)43-22-21-42(32(36(43)47)24-27-13-9-7-10-14-27)35(46)26(2)40-34(45)31(41-38(49)51-39(3,4)5)23-29-17-19-30(44)20-18-29/h7-20,26,31-33,44H,6,21-25H2,1-5H3,(H,40,45)(H,41,49)/t26-,31+,32+,33-/m1/s1. The summed E-state index contributed by atoms with van der Waals surface area (Å²) in [5, 5.41) is 15.0. The van der Waals surface area contributed by atoms with Crippen LogP contribution in [0.4, 0.5) is 4.79 Å². The van der Waals surface area contributed by atoms with E-state index in [0.29, 0.717) is 5.56 Å². The van der Waals surface area contributed by atoms with Gasteiger partial charge in [0.25, 0.3) is 0 Å². The minimum atomic E-state index is -1.12. The highest BCUT2D eigenvalue weighted by Crippen LogP contribution is 2.23. The Kier molecular flexibility index (Phi) is 13.2. The van der Waals surface area contributed by atoms with Crippen molar-refractivity contribution in [3.63, 3.8) is 0 Å². The van der Waals surface area contributed by atoms with Gasteiger partial charge in [0, 0.05) is 32.4 Å². The molecule has 1 saturated heterocycles. The van der Waals surface area contributed by atoms with Gasteiger partial charge in [-0.1, -0.05) is 72.8 Å². The van der Waals surface area contributed by atoms with Crippen LogP contribution in [0.25, 0.3) is 0 Å². The average Bonchev–Trinajstić information content (AvgIpc) is 3.08. The smallest absolute Gasteiger partial charge is 0.408 e. The van der Waals surface area contributed by atoms with E-state index in [1.54, 1.807) is 39.8 Å². The zero-order valence-corrected chi connectivity index (χ0v) is 29.8. The molecular weight excluding hydrogens is 652 g/mol. The molecule has 0 spiro atoms. The highest BCUT2D eigenvalue weighted by atomic mass is 16.6. The highest BCUT2D eigenvalue weighted by Gasteiger charge is 2.43. The first-order valence-electron chi connectivity index (χ1n) is 17.2. The lowest BCUT2D eigenvalue weighted by Crippen LogP contribution is -2.65. The van der Waals surface area contributed by atoms with E-state index >= 15 is 0 Å². The van der Waals surface area contributed by atoms with Crippen molar-refractivity contribution in [2.75, 3.05) is 19.7 Å². The number of esters is 1. The molecular formula is C39H48N4O8. The molecule has 4 rings (SSSR count). The van der Waals surface area contributed by atoms with Crippen LogP contribution in [-0.4, -0.2) is 94.2 Å². The molecule has 0 aromatic heterocycles. The van der Waals surface area contributed by atoms with Gasteiger partial charge in [0.15, 0.2) is 0 Å². The second-order valence-electron chi connectivity index (χ2n) is 13.5. The number of ether oxygens (including phenoxy) is 2. The van der Waals surface area contributed by atoms with Crippen molar-refractivity contribution < 1.29 is 38.6 Å². The molecule has 4 amide bonds. The van der Waals surface area contributed by atoms with Gasteiger partial charge in [-0.3, -0.25) is 14.4 Å². The van der Waals surface area contributed by atoms with E-state index in [1.165, 1.54) is 28.9 Å². The van der Waals surface area contributed by atoms with E-state index in [1.807, 2.05) is 60.7 Å². The molecule has 12 heteroatoms. The number of carbonyl (C=O) groups is 5. The fourth-order valence-corrected chi connectivity index (χ4v) is 5.96. The van der Waals surface area contributed by atoms with Crippen LogP contribution in [0.1, 0.15) is 51.3 Å². The van der Waals surface area contributed by atoms with E-state index in [9.17, 15) is 29.1 Å². The number of phenols is 1. The summed E-state index contributed by atoms with van der Waals surface area (Å²) >= 11 is 0. The molecule has 51 heavy (non-hydrogen) atoms. The monoisotopic (exact) mass is 700 g/mol. The third-order valence-corrected chi connectivity index (χ3v) is 8.40. The number of hydrogen-bond donors (Lipinski definition) is 3. The molecule has 0 unspecified atom stereocenters. The predicted molar refractivity (Wildman–Crippen MR) is 191 cm³/mol. The maximum Gasteiger partial charge on any atom is 0.408 e. The first kappa shape index (κ1) is 38.4. The summed E-state index contributed by atoms with van der Waals surface area (Å²) in [6.07, 6.45) is -0.322. The largest absolute Gasteiger partial charge is 0.508 e. The van der Waals surface area contributed by atoms with Gasteiger partial charge in [0.1, 0.15) is 35.5 Å². The fraction of sp³-hybridized carbons (Fsp3) is 0.410. The average molecular weight is 701 g/mol. The summed E-state index contributed by atoms with van der Waals surface area (Å²) in [5.74, 6) is -2.00. The van der Waals surface area contributed by atoms with Gasteiger partial charge < -0.3 is 35.0 Å². The maximum absolute atomic E-state index is 14.4. The second-order valence-corrected chi connectivity index (χ2v) is 13.5. The summed E-state index contributed by atoms with van der Waals surface area (Å²) in [4.78, 5) is 71.1. The maximum atomic E-state index is 14.4. The van der Waals surface area contributed by atoms with E-state index in [0.717, 1.165) is 11.1 Å². The molecule has 1 aliphatic heterocycles. The zero-order chi connectivity index (χ0) is 37.1. The van der Waals surface area contributed by atoms with Crippen LogP contribution in [0.15, 0.2) is 84.9 Å². The fourth-order valence-electron chi connectivity index (χ4n) is 5.96. The predicted octanol–water partition coefficient (Wildman–Crippen LogP) is 3.79. The number of alkyl carbamates (subject to hydrolysis) is 1. The Morgan fingerprint density at radius 2 is 1.43 bits per heavy atom. The van der Waals surface area contributed by atoms with E-state index in [2.05, 4.69) is 10.6 Å². The van der Waals surface area contributed by atoms with Crippen LogP contribution in [0.2, 0.25) is 0 Å². The summed E-state index contributed by atoms with van der Waals surface area (Å²) in [5.41, 5.74) is 1.51. The minimum absolute atomic E-state index is 0.0485. The van der Waals surface area contributed by atoms with Crippen molar-refractivity contribution in [1.82, 2.24) is 20.4 Å². The Labute approximate surface area is 299 Å². The molecule has 1 aliphatic rings. The third-order valence-electron chi connectivity index (χ3n) is 8.40. The molecule has 0 saturated carbocycles. The zero-order valence-electron chi connectivity index (χ0n) is 29.8. The van der Waals surface area contributed by atoms with E-state index in [4.69, 9.17) is 9.47 Å². The molecule has 272 valence electrons. The number of benzene rings is 3. The summed E-state index contributed by atoms with van der Waals surface area (Å²) in [6.45, 7) is 8.68. The lowest BCUT2D eigenvalue weighted by Gasteiger charge is -2.44. The SMILES string of the molecule is CCOC(=O)[C@@H](Cc1ccccc1)N1CCN(C(=O)[C@@H](C)NC(=O)[C@H](Cc2ccc(O)cc2)NC(=O)OC(C)(C)C)[C@@H](Cc2ccccc2)C1=O. The Morgan fingerprint density at radius 1 is 0.843 bits per heavy atom. The van der Waals surface area contributed by atoms with Crippen LogP contribution in [0.3, 0.4) is 0 Å². The van der Waals surface area contributed by atoms with Crippen LogP contribution in [0, 0.1) is 0 Å². The Bertz CT molecular complexity index is 1640. The number of piperazine rings is 1. The number of carbonyl (C=O) groups excluding carboxylic acids is 5. The van der Waals surface area contributed by atoms with E-state index < -0.39 is 59.6 Å². The molecule has 0 bridgehead atoms. The van der Waals surface area contributed by atoms with Crippen molar-refractivity contribution in [1.29, 1.82) is 0 Å². The van der Waals surface area contributed by atoms with Gasteiger partial charge in [-0.25, -0.2) is 9.59 Å². The highest BCUT2D eigenvalue weighted by molar-refractivity contribution is 5.95. The molecule has 1 fully saturated rings. The number of nitrogens with one attached hydrogen (secondary N) is 2. The molecule has 0 aliphatic carbocycles. The van der Waals surface area contributed by atoms with Crippen molar-refractivity contribution in [3.05, 3.63) is 102 Å². The van der Waals surface area contributed by atoms with Gasteiger partial charge in [0.2, 0.25) is 17.7 Å². The molecule has 3 aromatic carbocycles. The number of hydrogen-bond acceptors (Lipinski definition) is 8. The van der Waals surface area contributed by atoms with Crippen LogP contribution >= 0.6 is 0 Å². The van der Waals surface area contributed by atoms with Crippen LogP contribution < -0.4 is 10.6 Å². The van der Waals surface area contributed by atoms with Gasteiger partial charge in [-0.15, -0.1) is 0 Å². The normalized spacial score (nSPS) is 16.4. The molecule has 3 N–H and O–H groups in total.